The van der Waals surface area contributed by atoms with Crippen LogP contribution in [0, 0.1) is 5.92 Å². The predicted octanol–water partition coefficient (Wildman–Crippen LogP) is 2.47. The molecule has 0 amide bonds. The molecule has 0 saturated carbocycles. The molecule has 1 aromatic rings. The first-order valence-corrected chi connectivity index (χ1v) is 6.79. The molecular weight excluding hydrogens is 228 g/mol. The van der Waals surface area contributed by atoms with Crippen LogP contribution in [-0.4, -0.2) is 24.4 Å². The molecule has 0 aliphatic carbocycles. The highest BCUT2D eigenvalue weighted by molar-refractivity contribution is 5.41. The second-order valence-corrected chi connectivity index (χ2v) is 5.42. The van der Waals surface area contributed by atoms with Gasteiger partial charge in [0.15, 0.2) is 0 Å². The molecule has 2 heterocycles. The van der Waals surface area contributed by atoms with Crippen LogP contribution in [0.2, 0.25) is 0 Å². The van der Waals surface area contributed by atoms with Gasteiger partial charge in [0.25, 0.3) is 0 Å². The second kappa shape index (κ2) is 4.90. The van der Waals surface area contributed by atoms with Gasteiger partial charge in [-0.3, -0.25) is 0 Å². The highest BCUT2D eigenvalue weighted by Crippen LogP contribution is 2.34. The molecule has 2 aliphatic rings. The Hall–Kier alpha value is -1.06. The van der Waals surface area contributed by atoms with Crippen LogP contribution < -0.4 is 4.74 Å². The Morgan fingerprint density at radius 1 is 1.39 bits per heavy atom. The number of hydrogen-bond donors (Lipinski definition) is 1. The lowest BCUT2D eigenvalue weighted by Gasteiger charge is -2.27. The summed E-state index contributed by atoms with van der Waals surface area (Å²) in [6.07, 6.45) is 2.88. The second-order valence-electron chi connectivity index (χ2n) is 5.42. The van der Waals surface area contributed by atoms with E-state index < -0.39 is 6.10 Å². The van der Waals surface area contributed by atoms with Crippen LogP contribution in [0.3, 0.4) is 0 Å². The largest absolute Gasteiger partial charge is 0.490 e. The van der Waals surface area contributed by atoms with E-state index in [1.54, 1.807) is 0 Å². The van der Waals surface area contributed by atoms with E-state index in [4.69, 9.17) is 9.47 Å². The fourth-order valence-corrected chi connectivity index (χ4v) is 2.91. The van der Waals surface area contributed by atoms with Crippen molar-refractivity contribution in [2.24, 2.45) is 5.92 Å². The number of aliphatic hydroxyl groups is 1. The molecule has 3 rings (SSSR count). The Balaban J connectivity index is 1.78. The van der Waals surface area contributed by atoms with Crippen LogP contribution in [0.15, 0.2) is 18.2 Å². The first-order chi connectivity index (χ1) is 8.74. The van der Waals surface area contributed by atoms with E-state index in [0.29, 0.717) is 6.61 Å². The smallest absolute Gasteiger partial charge is 0.123 e. The van der Waals surface area contributed by atoms with Crippen LogP contribution >= 0.6 is 0 Å². The highest BCUT2D eigenvalue weighted by atomic mass is 16.5. The molecule has 0 radical (unpaired) electrons. The third kappa shape index (κ3) is 2.25. The lowest BCUT2D eigenvalue weighted by Crippen LogP contribution is -2.23. The summed E-state index contributed by atoms with van der Waals surface area (Å²) in [7, 11) is 0. The number of hydrogen-bond acceptors (Lipinski definition) is 3. The standard InChI is InChI=1S/C15H20O3/c1-10-7-13-8-11(4-5-14(13)18-10)15(16)12-3-2-6-17-9-12/h4-5,8,10,12,15-16H,2-3,6-7,9H2,1H3. The zero-order valence-electron chi connectivity index (χ0n) is 10.8. The Kier molecular flexibility index (Phi) is 3.27. The van der Waals surface area contributed by atoms with Gasteiger partial charge in [0.05, 0.1) is 12.7 Å². The number of fused-ring (bicyclic) bond motifs is 1. The monoisotopic (exact) mass is 248 g/mol. The summed E-state index contributed by atoms with van der Waals surface area (Å²) >= 11 is 0. The van der Waals surface area contributed by atoms with Crippen molar-refractivity contribution in [2.75, 3.05) is 13.2 Å². The van der Waals surface area contributed by atoms with Crippen molar-refractivity contribution in [3.63, 3.8) is 0 Å². The van der Waals surface area contributed by atoms with E-state index in [2.05, 4.69) is 13.0 Å². The van der Waals surface area contributed by atoms with Gasteiger partial charge in [-0.15, -0.1) is 0 Å². The van der Waals surface area contributed by atoms with Crippen LogP contribution in [0.1, 0.15) is 37.0 Å². The zero-order chi connectivity index (χ0) is 12.5. The summed E-state index contributed by atoms with van der Waals surface area (Å²) in [4.78, 5) is 0. The number of aliphatic hydroxyl groups excluding tert-OH is 1. The molecule has 1 aromatic carbocycles. The molecule has 0 spiro atoms. The Labute approximate surface area is 108 Å². The van der Waals surface area contributed by atoms with Crippen molar-refractivity contribution in [2.45, 2.75) is 38.4 Å². The van der Waals surface area contributed by atoms with Crippen molar-refractivity contribution >= 4 is 0 Å². The van der Waals surface area contributed by atoms with Gasteiger partial charge >= 0.3 is 0 Å². The fourth-order valence-electron chi connectivity index (χ4n) is 2.91. The maximum absolute atomic E-state index is 10.4. The molecule has 0 aromatic heterocycles. The average Bonchev–Trinajstić information content (AvgIpc) is 2.78. The zero-order valence-corrected chi connectivity index (χ0v) is 10.8. The third-order valence-corrected chi connectivity index (χ3v) is 3.90. The molecule has 2 aliphatic heterocycles. The van der Waals surface area contributed by atoms with Crippen LogP contribution in [0.4, 0.5) is 0 Å². The Morgan fingerprint density at radius 3 is 3.06 bits per heavy atom. The molecule has 18 heavy (non-hydrogen) atoms. The molecular formula is C15H20O3. The van der Waals surface area contributed by atoms with E-state index in [0.717, 1.165) is 37.2 Å². The van der Waals surface area contributed by atoms with E-state index >= 15 is 0 Å². The van der Waals surface area contributed by atoms with Crippen LogP contribution in [0.25, 0.3) is 0 Å². The topological polar surface area (TPSA) is 38.7 Å². The molecule has 3 unspecified atom stereocenters. The minimum Gasteiger partial charge on any atom is -0.490 e. The molecule has 1 N–H and O–H groups in total. The van der Waals surface area contributed by atoms with Gasteiger partial charge in [-0.1, -0.05) is 6.07 Å². The predicted molar refractivity (Wildman–Crippen MR) is 68.7 cm³/mol. The summed E-state index contributed by atoms with van der Waals surface area (Å²) in [5.41, 5.74) is 2.22. The number of rotatable bonds is 2. The van der Waals surface area contributed by atoms with Gasteiger partial charge in [-0.25, -0.2) is 0 Å². The maximum Gasteiger partial charge on any atom is 0.123 e. The van der Waals surface area contributed by atoms with Crippen molar-refractivity contribution in [1.29, 1.82) is 0 Å². The summed E-state index contributed by atoms with van der Waals surface area (Å²) in [6.45, 7) is 3.58. The minimum absolute atomic E-state index is 0.233. The van der Waals surface area contributed by atoms with Crippen molar-refractivity contribution in [1.82, 2.24) is 0 Å². The van der Waals surface area contributed by atoms with Gasteiger partial charge in [0, 0.05) is 18.9 Å². The van der Waals surface area contributed by atoms with E-state index in [9.17, 15) is 5.11 Å². The maximum atomic E-state index is 10.4. The van der Waals surface area contributed by atoms with Gasteiger partial charge < -0.3 is 14.6 Å². The SMILES string of the molecule is CC1Cc2cc(C(O)C3CCCOC3)ccc2O1. The first-order valence-electron chi connectivity index (χ1n) is 6.79. The number of benzene rings is 1. The van der Waals surface area contributed by atoms with Crippen LogP contribution in [-0.2, 0) is 11.2 Å². The van der Waals surface area contributed by atoms with Gasteiger partial charge in [0.2, 0.25) is 0 Å². The Bertz CT molecular complexity index is 424. The van der Waals surface area contributed by atoms with Crippen LogP contribution in [0.5, 0.6) is 5.75 Å². The number of ether oxygens (including phenoxy) is 2. The quantitative estimate of drug-likeness (QED) is 0.873. The average molecular weight is 248 g/mol. The van der Waals surface area contributed by atoms with E-state index in [1.165, 1.54) is 5.56 Å². The lowest BCUT2D eigenvalue weighted by molar-refractivity contribution is -0.00998. The fraction of sp³-hybridized carbons (Fsp3) is 0.600. The summed E-state index contributed by atoms with van der Waals surface area (Å²) < 4.78 is 11.1. The third-order valence-electron chi connectivity index (χ3n) is 3.90. The molecule has 3 nitrogen and oxygen atoms in total. The summed E-state index contributed by atoms with van der Waals surface area (Å²) in [5.74, 6) is 1.20. The van der Waals surface area contributed by atoms with Gasteiger partial charge in [0.1, 0.15) is 11.9 Å². The van der Waals surface area contributed by atoms with Crippen molar-refractivity contribution < 1.29 is 14.6 Å². The van der Waals surface area contributed by atoms with Gasteiger partial charge in [-0.2, -0.15) is 0 Å². The molecule has 3 heteroatoms. The Morgan fingerprint density at radius 2 is 2.28 bits per heavy atom. The van der Waals surface area contributed by atoms with E-state index in [1.807, 2.05) is 12.1 Å². The summed E-state index contributed by atoms with van der Waals surface area (Å²) in [5, 5.41) is 10.4. The minimum atomic E-state index is -0.411. The molecule has 98 valence electrons. The molecule has 1 fully saturated rings. The van der Waals surface area contributed by atoms with Crippen molar-refractivity contribution in [3.8, 4) is 5.75 Å². The van der Waals surface area contributed by atoms with Crippen molar-refractivity contribution in [3.05, 3.63) is 29.3 Å². The van der Waals surface area contributed by atoms with Gasteiger partial charge in [-0.05, 0) is 43.0 Å². The molecule has 3 atom stereocenters. The molecule has 0 bridgehead atoms. The highest BCUT2D eigenvalue weighted by Gasteiger charge is 2.26. The summed E-state index contributed by atoms with van der Waals surface area (Å²) in [6, 6.07) is 6.06. The molecule has 1 saturated heterocycles. The first kappa shape index (κ1) is 12.0. The normalized spacial score (nSPS) is 28.6. The van der Waals surface area contributed by atoms with E-state index in [-0.39, 0.29) is 12.0 Å². The lowest BCUT2D eigenvalue weighted by atomic mass is 9.90.